The van der Waals surface area contributed by atoms with E-state index in [1.54, 1.807) is 0 Å². The number of hydrogen-bond acceptors (Lipinski definition) is 3. The maximum Gasteiger partial charge on any atom is 0.252 e. The molecular formula is C95H85BN2S. The van der Waals surface area contributed by atoms with Gasteiger partial charge in [-0.15, -0.1) is 11.3 Å². The summed E-state index contributed by atoms with van der Waals surface area (Å²) in [5.41, 5.74) is 33.4. The molecule has 2 aliphatic heterocycles. The zero-order chi connectivity index (χ0) is 68.4. The molecule has 4 heteroatoms. The predicted molar refractivity (Wildman–Crippen MR) is 431 cm³/mol. The number of thiophene rings is 1. The van der Waals surface area contributed by atoms with E-state index in [-0.39, 0.29) is 28.4 Å². The third-order valence-electron chi connectivity index (χ3n) is 21.0. The highest BCUT2D eigenvalue weighted by Crippen LogP contribution is 2.55. The lowest BCUT2D eigenvalue weighted by molar-refractivity contribution is 0.590. The second-order valence-corrected chi connectivity index (χ2v) is 32.9. The molecule has 0 spiro atoms. The van der Waals surface area contributed by atoms with Crippen molar-refractivity contribution in [3.05, 3.63) is 307 Å². The molecule has 13 aromatic carbocycles. The van der Waals surface area contributed by atoms with E-state index in [0.29, 0.717) is 0 Å². The molecule has 2 aliphatic rings. The highest BCUT2D eigenvalue weighted by Gasteiger charge is 2.46. The first-order valence-electron chi connectivity index (χ1n) is 35.3. The molecule has 0 bridgehead atoms. The first-order chi connectivity index (χ1) is 47.5. The molecule has 1 aromatic heterocycles. The average molecular weight is 1300 g/mol. The number of anilines is 6. The highest BCUT2D eigenvalue weighted by molar-refractivity contribution is 7.26. The molecule has 14 aromatic rings. The summed E-state index contributed by atoms with van der Waals surface area (Å²) >= 11 is 1.88. The van der Waals surface area contributed by atoms with Crippen molar-refractivity contribution in [1.82, 2.24) is 0 Å². The normalized spacial score (nSPS) is 13.0. The molecule has 0 aliphatic carbocycles. The van der Waals surface area contributed by atoms with E-state index in [0.717, 1.165) is 67.5 Å². The standard InChI is InChI=1S/C95H85BN2S/c1-60-23-19-26-66(55-60)67-43-53-82-80(56-67)96-81-57-68(74-28-22-34-87-88(74)79-27-17-18-33-86(79)99-87)44-54-83(81)98(91-77(64-39-49-72(50-40-64)94(8,9)10)31-21-32-78(91)65-41-51-73(52-42-65)95(11,12)13)85-59-69(61-24-15-14-16-25-61)58-84(89(85)96)97(82)90-75(62-35-45-70(46-36-62)92(2,3)4)29-20-30-76(90)63-37-47-71(48-38-63)93(5,6)7/h14-59H,1-13H3. The zero-order valence-corrected chi connectivity index (χ0v) is 60.3. The van der Waals surface area contributed by atoms with E-state index >= 15 is 0 Å². The molecule has 0 saturated carbocycles. The molecule has 0 radical (unpaired) electrons. The Morgan fingerprint density at radius 1 is 0.273 bits per heavy atom. The SMILES string of the molecule is Cc1cccc(-c2ccc3c(c2)B2c4cc(-c5cccc6sc7ccccc7c56)ccc4N(c4c(-c5ccc(C(C)(C)C)cc5)cccc4-c4ccc(C(C)(C)C)cc4)c4cc(-c5ccccc5)cc(c42)N3c2c(-c3ccc(C(C)(C)C)cc3)cccc2-c2ccc(C(C)(C)C)cc2)c1. The van der Waals surface area contributed by atoms with Crippen LogP contribution in [0.5, 0.6) is 0 Å². The number of fused-ring (bicyclic) bond motifs is 7. The summed E-state index contributed by atoms with van der Waals surface area (Å²) in [6.07, 6.45) is 0. The molecule has 0 atom stereocenters. The summed E-state index contributed by atoms with van der Waals surface area (Å²) in [5, 5.41) is 2.59. The van der Waals surface area contributed by atoms with Crippen molar-refractivity contribution in [2.75, 3.05) is 9.80 Å². The van der Waals surface area contributed by atoms with Gasteiger partial charge in [-0.2, -0.15) is 0 Å². The molecule has 0 saturated heterocycles. The van der Waals surface area contributed by atoms with Crippen LogP contribution < -0.4 is 26.2 Å². The summed E-state index contributed by atoms with van der Waals surface area (Å²) in [6, 6.07) is 108. The predicted octanol–water partition coefficient (Wildman–Crippen LogP) is 25.3. The third kappa shape index (κ3) is 11.3. The number of hydrogen-bond donors (Lipinski definition) is 0. The van der Waals surface area contributed by atoms with Crippen molar-refractivity contribution < 1.29 is 0 Å². The molecule has 0 unspecified atom stereocenters. The van der Waals surface area contributed by atoms with Gasteiger partial charge in [-0.3, -0.25) is 0 Å². The lowest BCUT2D eigenvalue weighted by atomic mass is 9.33. The van der Waals surface area contributed by atoms with E-state index < -0.39 is 0 Å². The summed E-state index contributed by atoms with van der Waals surface area (Å²) in [4.78, 5) is 5.41. The van der Waals surface area contributed by atoms with E-state index in [2.05, 4.69) is 379 Å². The van der Waals surface area contributed by atoms with Gasteiger partial charge in [0.1, 0.15) is 0 Å². The number of rotatable bonds is 9. The lowest BCUT2D eigenvalue weighted by Gasteiger charge is -2.46. The smallest absolute Gasteiger partial charge is 0.252 e. The lowest BCUT2D eigenvalue weighted by Crippen LogP contribution is -2.61. The summed E-state index contributed by atoms with van der Waals surface area (Å²) < 4.78 is 2.59. The average Bonchev–Trinajstić information content (AvgIpc) is 0.952. The Labute approximate surface area is 591 Å². The van der Waals surface area contributed by atoms with Crippen molar-refractivity contribution in [1.29, 1.82) is 0 Å². The first-order valence-corrected chi connectivity index (χ1v) is 36.1. The summed E-state index contributed by atoms with van der Waals surface area (Å²) in [6.45, 7) is 29.7. The number of benzene rings is 13. The van der Waals surface area contributed by atoms with Gasteiger partial charge < -0.3 is 9.80 Å². The van der Waals surface area contributed by atoms with Crippen molar-refractivity contribution in [2.45, 2.75) is 112 Å². The Bertz CT molecular complexity index is 5280. The van der Waals surface area contributed by atoms with Crippen LogP contribution in [0.3, 0.4) is 0 Å². The minimum Gasteiger partial charge on any atom is -0.310 e. The van der Waals surface area contributed by atoms with Crippen LogP contribution in [0.1, 0.15) is 111 Å². The minimum absolute atomic E-state index is 0.0267. The van der Waals surface area contributed by atoms with Gasteiger partial charge in [-0.1, -0.05) is 331 Å². The topological polar surface area (TPSA) is 6.48 Å². The summed E-state index contributed by atoms with van der Waals surface area (Å²) in [5.74, 6) is 0. The quantitative estimate of drug-likeness (QED) is 0.133. The van der Waals surface area contributed by atoms with Crippen molar-refractivity contribution in [3.63, 3.8) is 0 Å². The van der Waals surface area contributed by atoms with E-state index in [4.69, 9.17) is 0 Å². The van der Waals surface area contributed by atoms with Crippen molar-refractivity contribution in [2.24, 2.45) is 0 Å². The van der Waals surface area contributed by atoms with E-state index in [1.807, 2.05) is 11.3 Å². The number of nitrogens with zero attached hydrogens (tertiary/aromatic N) is 2. The van der Waals surface area contributed by atoms with Gasteiger partial charge in [-0.05, 0) is 159 Å². The molecule has 0 amide bonds. The largest absolute Gasteiger partial charge is 0.310 e. The van der Waals surface area contributed by atoms with Crippen molar-refractivity contribution in [3.8, 4) is 77.9 Å². The second-order valence-electron chi connectivity index (χ2n) is 31.8. The Morgan fingerprint density at radius 3 is 1.09 bits per heavy atom. The van der Waals surface area contributed by atoms with Crippen LogP contribution in [0.2, 0.25) is 0 Å². The monoisotopic (exact) mass is 1300 g/mol. The Kier molecular flexibility index (Phi) is 15.4. The molecule has 0 N–H and O–H groups in total. The Hall–Kier alpha value is -10.3. The Balaban J connectivity index is 1.08. The van der Waals surface area contributed by atoms with E-state index in [9.17, 15) is 0 Å². The van der Waals surface area contributed by atoms with Gasteiger partial charge in [0, 0.05) is 65.2 Å². The second kappa shape index (κ2) is 24.0. The number of para-hydroxylation sites is 2. The van der Waals surface area contributed by atoms with Crippen molar-refractivity contribution >= 4 is 88.7 Å². The van der Waals surface area contributed by atoms with Crippen LogP contribution in [0.4, 0.5) is 34.1 Å². The van der Waals surface area contributed by atoms with Gasteiger partial charge in [0.25, 0.3) is 6.71 Å². The van der Waals surface area contributed by atoms with Gasteiger partial charge in [0.15, 0.2) is 0 Å². The van der Waals surface area contributed by atoms with Crippen LogP contribution in [0, 0.1) is 6.92 Å². The maximum absolute atomic E-state index is 2.71. The molecule has 0 fully saturated rings. The minimum atomic E-state index is -0.235. The summed E-state index contributed by atoms with van der Waals surface area (Å²) in [7, 11) is 0. The molecule has 99 heavy (non-hydrogen) atoms. The fourth-order valence-corrected chi connectivity index (χ4v) is 16.7. The van der Waals surface area contributed by atoms with Gasteiger partial charge in [0.2, 0.25) is 0 Å². The highest BCUT2D eigenvalue weighted by atomic mass is 32.1. The fourth-order valence-electron chi connectivity index (χ4n) is 15.6. The molecule has 3 heterocycles. The molecule has 484 valence electrons. The van der Waals surface area contributed by atoms with Gasteiger partial charge in [-0.25, -0.2) is 0 Å². The maximum atomic E-state index is 2.71. The fraction of sp³-hybridized carbons (Fsp3) is 0.179. The number of aryl methyl sites for hydroxylation is 1. The first kappa shape index (κ1) is 63.5. The van der Waals surface area contributed by atoms with Crippen LogP contribution >= 0.6 is 11.3 Å². The Morgan fingerprint density at radius 2 is 0.636 bits per heavy atom. The van der Waals surface area contributed by atoms with Gasteiger partial charge >= 0.3 is 0 Å². The van der Waals surface area contributed by atoms with Crippen LogP contribution in [0.25, 0.3) is 98.1 Å². The molecular weight excluding hydrogens is 1210 g/mol. The molecule has 2 nitrogen and oxygen atoms in total. The van der Waals surface area contributed by atoms with E-state index in [1.165, 1.54) is 109 Å². The van der Waals surface area contributed by atoms with Crippen LogP contribution in [0.15, 0.2) is 279 Å². The van der Waals surface area contributed by atoms with Crippen LogP contribution in [-0.4, -0.2) is 6.71 Å². The molecule has 16 rings (SSSR count). The van der Waals surface area contributed by atoms with Crippen LogP contribution in [-0.2, 0) is 21.7 Å². The zero-order valence-electron chi connectivity index (χ0n) is 59.4. The third-order valence-corrected chi connectivity index (χ3v) is 22.1. The van der Waals surface area contributed by atoms with Gasteiger partial charge in [0.05, 0.1) is 11.4 Å².